The lowest BCUT2D eigenvalue weighted by Gasteiger charge is -2.19. The van der Waals surface area contributed by atoms with Crippen LogP contribution in [0.3, 0.4) is 0 Å². The number of phosphoric acid groups is 1. The number of carbonyl (C=O) groups excluding carboxylic acids is 2. The molecule has 0 aliphatic heterocycles. The Morgan fingerprint density at radius 2 is 0.845 bits per heavy atom. The number of rotatable bonds is 47. The number of hydrogen-bond donors (Lipinski definition) is 2. The maximum absolute atomic E-state index is 12.6. The minimum Gasteiger partial charge on any atom is -0.462 e. The fraction of sp³-hybridized carbons (Fsp3) is 0.917. The first kappa shape index (κ1) is 56.8. The van der Waals surface area contributed by atoms with Crippen LogP contribution in [0.4, 0.5) is 0 Å². The minimum atomic E-state index is -4.37. The third-order valence-electron chi connectivity index (χ3n) is 10.9. The average Bonchev–Trinajstić information content (AvgIpc) is 3.21. The molecule has 0 radical (unpaired) electrons. The second-order valence-electron chi connectivity index (χ2n) is 16.7. The van der Waals surface area contributed by atoms with Crippen LogP contribution in [0.25, 0.3) is 0 Å². The zero-order valence-electron chi connectivity index (χ0n) is 38.1. The van der Waals surface area contributed by atoms with Crippen LogP contribution in [-0.4, -0.2) is 49.3 Å². The summed E-state index contributed by atoms with van der Waals surface area (Å²) in [5.74, 6) is -0.817. The molecule has 0 fully saturated rings. The molecule has 0 bridgehead atoms. The van der Waals surface area contributed by atoms with Crippen molar-refractivity contribution in [3.8, 4) is 0 Å². The monoisotopic (exact) mass is 844 g/mol. The van der Waals surface area contributed by atoms with Crippen LogP contribution in [0, 0.1) is 0 Å². The van der Waals surface area contributed by atoms with Gasteiger partial charge in [-0.1, -0.05) is 212 Å². The quantitative estimate of drug-likeness (QED) is 0.0266. The molecule has 2 unspecified atom stereocenters. The Hall–Kier alpha value is -1.25. The maximum atomic E-state index is 12.6. The minimum absolute atomic E-state index is 0.0568. The summed E-state index contributed by atoms with van der Waals surface area (Å²) in [6, 6.07) is 0. The fourth-order valence-electron chi connectivity index (χ4n) is 7.22. The molecule has 0 saturated carbocycles. The summed E-state index contributed by atoms with van der Waals surface area (Å²) in [6.07, 6.45) is 48.4. The van der Waals surface area contributed by atoms with E-state index in [1.54, 1.807) is 0 Å². The molecule has 0 amide bonds. The lowest BCUT2D eigenvalue weighted by atomic mass is 10.0. The van der Waals surface area contributed by atoms with Crippen molar-refractivity contribution in [2.45, 2.75) is 258 Å². The molecule has 3 N–H and O–H groups in total. The van der Waals surface area contributed by atoms with Gasteiger partial charge in [-0.25, -0.2) is 4.57 Å². The van der Waals surface area contributed by atoms with Gasteiger partial charge in [-0.2, -0.15) is 0 Å². The van der Waals surface area contributed by atoms with Crippen molar-refractivity contribution in [2.24, 2.45) is 5.73 Å². The van der Waals surface area contributed by atoms with E-state index in [1.807, 2.05) is 0 Å². The smallest absolute Gasteiger partial charge is 0.462 e. The molecule has 0 heterocycles. The second-order valence-corrected chi connectivity index (χ2v) is 18.1. The molecule has 0 aliphatic carbocycles. The van der Waals surface area contributed by atoms with Gasteiger partial charge in [-0.05, 0) is 38.5 Å². The summed E-state index contributed by atoms with van der Waals surface area (Å²) in [4.78, 5) is 34.9. The Kier molecular flexibility index (Phi) is 44.3. The van der Waals surface area contributed by atoms with E-state index >= 15 is 0 Å². The van der Waals surface area contributed by atoms with Gasteiger partial charge in [-0.15, -0.1) is 0 Å². The molecule has 0 saturated heterocycles. The summed E-state index contributed by atoms with van der Waals surface area (Å²) >= 11 is 0. The van der Waals surface area contributed by atoms with Gasteiger partial charge >= 0.3 is 19.8 Å². The van der Waals surface area contributed by atoms with Gasteiger partial charge in [-0.3, -0.25) is 18.6 Å². The van der Waals surface area contributed by atoms with Gasteiger partial charge in [0, 0.05) is 19.4 Å². The summed E-state index contributed by atoms with van der Waals surface area (Å²) in [7, 11) is -4.37. The molecular formula is C48H94NO8P. The molecular weight excluding hydrogens is 750 g/mol. The molecule has 2 atom stereocenters. The number of allylic oxidation sites excluding steroid dienone is 2. The molecule has 344 valence electrons. The normalized spacial score (nSPS) is 13.2. The molecule has 0 spiro atoms. The number of carbonyl (C=O) groups is 2. The topological polar surface area (TPSA) is 134 Å². The van der Waals surface area contributed by atoms with Gasteiger partial charge in [0.25, 0.3) is 0 Å². The van der Waals surface area contributed by atoms with Crippen molar-refractivity contribution < 1.29 is 37.6 Å². The van der Waals surface area contributed by atoms with Gasteiger partial charge < -0.3 is 20.1 Å². The van der Waals surface area contributed by atoms with Crippen LogP contribution in [0.15, 0.2) is 12.2 Å². The number of esters is 2. The molecule has 0 rings (SSSR count). The van der Waals surface area contributed by atoms with E-state index in [9.17, 15) is 19.0 Å². The third kappa shape index (κ3) is 44.3. The van der Waals surface area contributed by atoms with E-state index in [-0.39, 0.29) is 38.6 Å². The second kappa shape index (κ2) is 45.3. The predicted octanol–water partition coefficient (Wildman–Crippen LogP) is 14.6. The Bertz CT molecular complexity index is 964. The highest BCUT2D eigenvalue weighted by Gasteiger charge is 2.26. The third-order valence-corrected chi connectivity index (χ3v) is 11.9. The van der Waals surface area contributed by atoms with Gasteiger partial charge in [0.15, 0.2) is 6.10 Å². The van der Waals surface area contributed by atoms with E-state index in [0.717, 1.165) is 32.1 Å². The van der Waals surface area contributed by atoms with Crippen LogP contribution in [0.2, 0.25) is 0 Å². The van der Waals surface area contributed by atoms with E-state index in [0.29, 0.717) is 6.42 Å². The van der Waals surface area contributed by atoms with E-state index in [4.69, 9.17) is 24.3 Å². The maximum Gasteiger partial charge on any atom is 0.472 e. The number of ether oxygens (including phenoxy) is 2. The van der Waals surface area contributed by atoms with E-state index < -0.39 is 26.5 Å². The van der Waals surface area contributed by atoms with Crippen molar-refractivity contribution in [1.82, 2.24) is 0 Å². The highest BCUT2D eigenvalue weighted by atomic mass is 31.2. The molecule has 10 heteroatoms. The first-order valence-electron chi connectivity index (χ1n) is 24.7. The molecule has 58 heavy (non-hydrogen) atoms. The zero-order valence-corrected chi connectivity index (χ0v) is 38.9. The van der Waals surface area contributed by atoms with E-state index in [1.165, 1.54) is 186 Å². The van der Waals surface area contributed by atoms with Crippen molar-refractivity contribution in [3.63, 3.8) is 0 Å². The fourth-order valence-corrected chi connectivity index (χ4v) is 7.99. The molecule has 0 aromatic rings. The number of hydrogen-bond acceptors (Lipinski definition) is 8. The SMILES string of the molecule is CCCCCCCCCC/C=C\CCCCCCCCCCCCCCCCCC(=O)OC(COC(=O)CCCCCCCCCCCC)COP(=O)(O)OCCN. The summed E-state index contributed by atoms with van der Waals surface area (Å²) in [5, 5.41) is 0. The highest BCUT2D eigenvalue weighted by molar-refractivity contribution is 7.47. The van der Waals surface area contributed by atoms with Gasteiger partial charge in [0.05, 0.1) is 13.2 Å². The van der Waals surface area contributed by atoms with Crippen LogP contribution in [-0.2, 0) is 32.7 Å². The van der Waals surface area contributed by atoms with Gasteiger partial charge in [0.2, 0.25) is 0 Å². The molecule has 0 aliphatic rings. The molecule has 0 aromatic carbocycles. The van der Waals surface area contributed by atoms with Crippen LogP contribution >= 0.6 is 7.82 Å². The Morgan fingerprint density at radius 1 is 0.500 bits per heavy atom. The first-order chi connectivity index (χ1) is 28.3. The lowest BCUT2D eigenvalue weighted by molar-refractivity contribution is -0.161. The molecule has 9 nitrogen and oxygen atoms in total. The van der Waals surface area contributed by atoms with Crippen molar-refractivity contribution in [1.29, 1.82) is 0 Å². The summed E-state index contributed by atoms with van der Waals surface area (Å²) in [5.41, 5.74) is 5.35. The van der Waals surface area contributed by atoms with Crippen LogP contribution < -0.4 is 5.73 Å². The standard InChI is InChI=1S/C48H94NO8P/c1-3-5-7-9-11-13-15-16-17-18-19-20-21-22-23-24-25-26-27-28-29-30-31-33-35-37-39-41-48(51)57-46(45-56-58(52,53)55-43-42-49)44-54-47(50)40-38-36-34-32-14-12-10-8-6-4-2/h18-19,46H,3-17,20-45,49H2,1-2H3,(H,52,53)/b19-18-. The molecule has 0 aromatic heterocycles. The van der Waals surface area contributed by atoms with Crippen molar-refractivity contribution >= 4 is 19.8 Å². The van der Waals surface area contributed by atoms with Gasteiger partial charge in [0.1, 0.15) is 6.61 Å². The zero-order chi connectivity index (χ0) is 42.5. The number of phosphoric ester groups is 1. The Morgan fingerprint density at radius 3 is 1.22 bits per heavy atom. The Balaban J connectivity index is 3.90. The Labute approximate surface area is 358 Å². The van der Waals surface area contributed by atoms with Crippen LogP contribution in [0.5, 0.6) is 0 Å². The lowest BCUT2D eigenvalue weighted by Crippen LogP contribution is -2.29. The van der Waals surface area contributed by atoms with Crippen molar-refractivity contribution in [2.75, 3.05) is 26.4 Å². The number of nitrogens with two attached hydrogens (primary N) is 1. The van der Waals surface area contributed by atoms with Crippen LogP contribution in [0.1, 0.15) is 251 Å². The first-order valence-corrected chi connectivity index (χ1v) is 26.2. The van der Waals surface area contributed by atoms with Crippen molar-refractivity contribution in [3.05, 3.63) is 12.2 Å². The highest BCUT2D eigenvalue weighted by Crippen LogP contribution is 2.43. The summed E-state index contributed by atoms with van der Waals surface area (Å²) < 4.78 is 32.8. The predicted molar refractivity (Wildman–Crippen MR) is 243 cm³/mol. The average molecular weight is 844 g/mol. The number of unbranched alkanes of at least 4 members (excludes halogenated alkanes) is 32. The van der Waals surface area contributed by atoms with E-state index in [2.05, 4.69) is 26.0 Å². The summed E-state index contributed by atoms with van der Waals surface area (Å²) in [6.45, 7) is 3.75. The largest absolute Gasteiger partial charge is 0.472 e.